The van der Waals surface area contributed by atoms with Gasteiger partial charge in [-0.25, -0.2) is 4.98 Å². The summed E-state index contributed by atoms with van der Waals surface area (Å²) in [5, 5.41) is 1.19. The summed E-state index contributed by atoms with van der Waals surface area (Å²) in [5.41, 5.74) is 2.10. The number of nitrogens with zero attached hydrogens (tertiary/aromatic N) is 1. The Kier molecular flexibility index (Phi) is 3.64. The summed E-state index contributed by atoms with van der Waals surface area (Å²) in [6.45, 7) is 12.3. The molecule has 0 aliphatic carbocycles. The number of allylic oxidation sites excluding steroid dienone is 2. The van der Waals surface area contributed by atoms with Crippen LogP contribution in [0.3, 0.4) is 0 Å². The smallest absolute Gasteiger partial charge is 0.0964 e. The van der Waals surface area contributed by atoms with Crippen LogP contribution in [0.4, 0.5) is 0 Å². The average Bonchev–Trinajstić information content (AvgIpc) is 2.49. The average molecular weight is 207 g/mol. The standard InChI is InChI=1S/C12H17NS/c1-6-7-10-11(8(2)3)13-12(14-10)9(4)5/h6-7,9H,2H2,1,3-5H3/b7-6-. The van der Waals surface area contributed by atoms with Crippen molar-refractivity contribution in [2.75, 3.05) is 0 Å². The van der Waals surface area contributed by atoms with Gasteiger partial charge in [0, 0.05) is 5.92 Å². The van der Waals surface area contributed by atoms with E-state index in [2.05, 4.69) is 31.5 Å². The quantitative estimate of drug-likeness (QED) is 0.718. The zero-order valence-electron chi connectivity index (χ0n) is 9.29. The second kappa shape index (κ2) is 4.56. The Balaban J connectivity index is 3.19. The van der Waals surface area contributed by atoms with E-state index in [9.17, 15) is 0 Å². The van der Waals surface area contributed by atoms with Crippen molar-refractivity contribution < 1.29 is 0 Å². The minimum absolute atomic E-state index is 0.497. The lowest BCUT2D eigenvalue weighted by Crippen LogP contribution is -1.86. The fourth-order valence-electron chi connectivity index (χ4n) is 1.17. The van der Waals surface area contributed by atoms with Crippen LogP contribution < -0.4 is 0 Å². The van der Waals surface area contributed by atoms with Gasteiger partial charge in [-0.2, -0.15) is 0 Å². The van der Waals surface area contributed by atoms with Gasteiger partial charge in [-0.05, 0) is 25.5 Å². The van der Waals surface area contributed by atoms with E-state index in [0.717, 1.165) is 11.3 Å². The highest BCUT2D eigenvalue weighted by molar-refractivity contribution is 7.12. The minimum Gasteiger partial charge on any atom is -0.241 e. The summed E-state index contributed by atoms with van der Waals surface area (Å²) in [6.07, 6.45) is 4.15. The molecule has 76 valence electrons. The maximum Gasteiger partial charge on any atom is 0.0964 e. The molecule has 0 spiro atoms. The third kappa shape index (κ3) is 2.32. The van der Waals surface area contributed by atoms with E-state index >= 15 is 0 Å². The highest BCUT2D eigenvalue weighted by Crippen LogP contribution is 2.29. The van der Waals surface area contributed by atoms with Crippen LogP contribution in [0.25, 0.3) is 11.6 Å². The van der Waals surface area contributed by atoms with E-state index in [1.807, 2.05) is 19.9 Å². The summed E-state index contributed by atoms with van der Waals surface area (Å²) in [6, 6.07) is 0. The topological polar surface area (TPSA) is 12.9 Å². The monoisotopic (exact) mass is 207 g/mol. The zero-order chi connectivity index (χ0) is 10.7. The number of aromatic nitrogens is 1. The molecule has 0 aromatic carbocycles. The largest absolute Gasteiger partial charge is 0.241 e. The number of thiazole rings is 1. The fraction of sp³-hybridized carbons (Fsp3) is 0.417. The zero-order valence-corrected chi connectivity index (χ0v) is 10.1. The molecule has 1 heterocycles. The molecule has 0 unspecified atom stereocenters. The molecular formula is C12H17NS. The SMILES string of the molecule is C=C(C)c1nc(C(C)C)sc1/C=C\C. The predicted molar refractivity (Wildman–Crippen MR) is 65.6 cm³/mol. The first-order chi connectivity index (χ1) is 6.56. The molecule has 0 fully saturated rings. The van der Waals surface area contributed by atoms with Crippen LogP contribution in [0.1, 0.15) is 49.2 Å². The van der Waals surface area contributed by atoms with Crippen LogP contribution in [0, 0.1) is 0 Å². The van der Waals surface area contributed by atoms with E-state index in [4.69, 9.17) is 0 Å². The normalized spacial score (nSPS) is 11.5. The number of hydrogen-bond donors (Lipinski definition) is 0. The number of rotatable bonds is 3. The van der Waals surface area contributed by atoms with Crippen LogP contribution in [0.15, 0.2) is 12.7 Å². The lowest BCUT2D eigenvalue weighted by molar-refractivity contribution is 0.850. The third-order valence-electron chi connectivity index (χ3n) is 1.89. The van der Waals surface area contributed by atoms with E-state index in [1.165, 1.54) is 9.88 Å². The highest BCUT2D eigenvalue weighted by atomic mass is 32.1. The Bertz CT molecular complexity index is 358. The van der Waals surface area contributed by atoms with Gasteiger partial charge in [0.1, 0.15) is 0 Å². The summed E-state index contributed by atoms with van der Waals surface area (Å²) >= 11 is 1.76. The Morgan fingerprint density at radius 1 is 1.50 bits per heavy atom. The van der Waals surface area contributed by atoms with Crippen molar-refractivity contribution >= 4 is 23.0 Å². The van der Waals surface area contributed by atoms with Crippen molar-refractivity contribution in [1.29, 1.82) is 0 Å². The third-order valence-corrected chi connectivity index (χ3v) is 3.21. The summed E-state index contributed by atoms with van der Waals surface area (Å²) < 4.78 is 0. The lowest BCUT2D eigenvalue weighted by atomic mass is 10.2. The second-order valence-electron chi connectivity index (χ2n) is 3.70. The fourth-order valence-corrected chi connectivity index (χ4v) is 2.28. The first kappa shape index (κ1) is 11.2. The van der Waals surface area contributed by atoms with E-state index < -0.39 is 0 Å². The Hall–Kier alpha value is -0.890. The predicted octanol–water partition coefficient (Wildman–Crippen LogP) is 4.33. The molecule has 1 aromatic heterocycles. The van der Waals surface area contributed by atoms with Crippen LogP contribution >= 0.6 is 11.3 Å². The van der Waals surface area contributed by atoms with Crippen molar-refractivity contribution in [3.05, 3.63) is 28.2 Å². The van der Waals surface area contributed by atoms with Crippen LogP contribution in [-0.2, 0) is 0 Å². The van der Waals surface area contributed by atoms with Crippen molar-refractivity contribution in [2.24, 2.45) is 0 Å². The van der Waals surface area contributed by atoms with Gasteiger partial charge in [-0.1, -0.05) is 26.5 Å². The first-order valence-electron chi connectivity index (χ1n) is 4.85. The maximum atomic E-state index is 4.60. The second-order valence-corrected chi connectivity index (χ2v) is 4.76. The molecular weight excluding hydrogens is 190 g/mol. The molecule has 0 atom stereocenters. The van der Waals surface area contributed by atoms with Gasteiger partial charge in [0.15, 0.2) is 0 Å². The van der Waals surface area contributed by atoms with Gasteiger partial charge in [-0.15, -0.1) is 11.3 Å². The van der Waals surface area contributed by atoms with Gasteiger partial charge in [-0.3, -0.25) is 0 Å². The van der Waals surface area contributed by atoms with Gasteiger partial charge in [0.2, 0.25) is 0 Å². The van der Waals surface area contributed by atoms with Crippen LogP contribution in [0.5, 0.6) is 0 Å². The molecule has 0 radical (unpaired) electrons. The molecule has 14 heavy (non-hydrogen) atoms. The maximum absolute atomic E-state index is 4.60. The van der Waals surface area contributed by atoms with Crippen LogP contribution in [-0.4, -0.2) is 4.98 Å². The first-order valence-corrected chi connectivity index (χ1v) is 5.67. The minimum atomic E-state index is 0.497. The molecule has 0 aliphatic rings. The lowest BCUT2D eigenvalue weighted by Gasteiger charge is -1.96. The Morgan fingerprint density at radius 2 is 2.14 bits per heavy atom. The molecule has 0 aliphatic heterocycles. The van der Waals surface area contributed by atoms with Gasteiger partial charge in [0.25, 0.3) is 0 Å². The molecule has 2 heteroatoms. The molecule has 0 N–H and O–H groups in total. The molecule has 0 amide bonds. The Labute approximate surface area is 90.2 Å². The molecule has 0 saturated carbocycles. The molecule has 1 aromatic rings. The molecule has 1 rings (SSSR count). The van der Waals surface area contributed by atoms with Crippen molar-refractivity contribution in [1.82, 2.24) is 4.98 Å². The van der Waals surface area contributed by atoms with Gasteiger partial charge >= 0.3 is 0 Å². The summed E-state index contributed by atoms with van der Waals surface area (Å²) in [7, 11) is 0. The van der Waals surface area contributed by atoms with Crippen molar-refractivity contribution in [3.8, 4) is 0 Å². The van der Waals surface area contributed by atoms with E-state index in [-0.39, 0.29) is 0 Å². The summed E-state index contributed by atoms with van der Waals surface area (Å²) in [5.74, 6) is 0.497. The van der Waals surface area contributed by atoms with Gasteiger partial charge in [0.05, 0.1) is 15.6 Å². The molecule has 0 saturated heterocycles. The van der Waals surface area contributed by atoms with Crippen LogP contribution in [0.2, 0.25) is 0 Å². The molecule has 0 bridgehead atoms. The highest BCUT2D eigenvalue weighted by Gasteiger charge is 2.11. The Morgan fingerprint density at radius 3 is 2.57 bits per heavy atom. The van der Waals surface area contributed by atoms with E-state index in [0.29, 0.717) is 5.92 Å². The number of hydrogen-bond acceptors (Lipinski definition) is 2. The van der Waals surface area contributed by atoms with Crippen molar-refractivity contribution in [3.63, 3.8) is 0 Å². The summed E-state index contributed by atoms with van der Waals surface area (Å²) in [4.78, 5) is 5.82. The van der Waals surface area contributed by atoms with Crippen molar-refractivity contribution in [2.45, 2.75) is 33.6 Å². The van der Waals surface area contributed by atoms with Gasteiger partial charge < -0.3 is 0 Å². The van der Waals surface area contributed by atoms with E-state index in [1.54, 1.807) is 11.3 Å². The molecule has 1 nitrogen and oxygen atoms in total.